The van der Waals surface area contributed by atoms with Crippen molar-refractivity contribution in [2.24, 2.45) is 0 Å². The number of ether oxygens (including phenoxy) is 1. The molecule has 0 saturated heterocycles. The second-order valence-corrected chi connectivity index (χ2v) is 12.2. The number of hydrogen-bond acceptors (Lipinski definition) is 4. The zero-order chi connectivity index (χ0) is 30.7. The summed E-state index contributed by atoms with van der Waals surface area (Å²) in [5, 5.41) is 5.83. The lowest BCUT2D eigenvalue weighted by Gasteiger charge is -2.34. The Morgan fingerprint density at radius 3 is 2.07 bits per heavy atom. The van der Waals surface area contributed by atoms with Crippen LogP contribution in [0.2, 0.25) is 0 Å². The van der Waals surface area contributed by atoms with Gasteiger partial charge in [-0.05, 0) is 84.1 Å². The van der Waals surface area contributed by atoms with Crippen LogP contribution < -0.4 is 10.6 Å². The topological polar surface area (TPSA) is 87.7 Å². The highest BCUT2D eigenvalue weighted by molar-refractivity contribution is 6.00. The number of unbranched alkanes of at least 4 members (excludes halogenated alkanes) is 5. The molecule has 0 heterocycles. The van der Waals surface area contributed by atoms with Gasteiger partial charge in [-0.3, -0.25) is 9.59 Å². The summed E-state index contributed by atoms with van der Waals surface area (Å²) in [7, 11) is 0. The van der Waals surface area contributed by atoms with Gasteiger partial charge in [-0.25, -0.2) is 4.79 Å². The number of benzene rings is 2. The molecule has 2 aromatic rings. The van der Waals surface area contributed by atoms with Gasteiger partial charge in [0.2, 0.25) is 5.91 Å². The molecule has 0 aliphatic heterocycles. The summed E-state index contributed by atoms with van der Waals surface area (Å²) in [5.41, 5.74) is 4.73. The van der Waals surface area contributed by atoms with E-state index in [2.05, 4.69) is 17.6 Å². The number of aryl methyl sites for hydroxylation is 4. The smallest absolute Gasteiger partial charge is 0.408 e. The van der Waals surface area contributed by atoms with Crippen molar-refractivity contribution in [2.45, 2.75) is 119 Å². The van der Waals surface area contributed by atoms with Gasteiger partial charge >= 0.3 is 6.09 Å². The van der Waals surface area contributed by atoms with Crippen LogP contribution in [0.5, 0.6) is 0 Å². The fourth-order valence-corrected chi connectivity index (χ4v) is 5.01. The van der Waals surface area contributed by atoms with Gasteiger partial charge in [0.25, 0.3) is 5.91 Å². The van der Waals surface area contributed by atoms with Gasteiger partial charge in [-0.2, -0.15) is 0 Å². The molecule has 3 amide bonds. The molecule has 0 spiro atoms. The van der Waals surface area contributed by atoms with Crippen LogP contribution in [0.25, 0.3) is 0 Å². The van der Waals surface area contributed by atoms with Crippen molar-refractivity contribution in [3.8, 4) is 0 Å². The van der Waals surface area contributed by atoms with Crippen LogP contribution in [0, 0.1) is 27.7 Å². The van der Waals surface area contributed by atoms with Crippen LogP contribution >= 0.6 is 0 Å². The third-order valence-corrected chi connectivity index (χ3v) is 7.15. The average Bonchev–Trinajstić information content (AvgIpc) is 2.86. The van der Waals surface area contributed by atoms with E-state index in [0.717, 1.165) is 65.6 Å². The fourth-order valence-electron chi connectivity index (χ4n) is 5.01. The maximum absolute atomic E-state index is 14.2. The molecular weight excluding hydrogens is 514 g/mol. The number of para-hydroxylation sites is 1. The van der Waals surface area contributed by atoms with Gasteiger partial charge in [0.15, 0.2) is 0 Å². The standard InChI is InChI=1S/C34H51N3O4/c1-10-11-12-13-14-15-21-37(32(39)27(6)35-33(40)41-34(7,8)9)30(28-20-19-23(2)22-26(28)5)31(38)36-29-24(3)17-16-18-25(29)4/h16-20,22,27,30H,10-15,21H2,1-9H3,(H,35,40)(H,36,38). The van der Waals surface area contributed by atoms with Crippen molar-refractivity contribution in [3.05, 3.63) is 64.2 Å². The van der Waals surface area contributed by atoms with Crippen LogP contribution in [-0.2, 0) is 14.3 Å². The Hall–Kier alpha value is -3.35. The molecule has 0 aliphatic rings. The highest BCUT2D eigenvalue weighted by Gasteiger charge is 2.35. The van der Waals surface area contributed by atoms with Gasteiger partial charge in [-0.15, -0.1) is 0 Å². The predicted octanol–water partition coefficient (Wildman–Crippen LogP) is 7.70. The minimum atomic E-state index is -0.883. The zero-order valence-corrected chi connectivity index (χ0v) is 26.6. The van der Waals surface area contributed by atoms with Crippen LogP contribution in [0.1, 0.15) is 107 Å². The van der Waals surface area contributed by atoms with Crippen molar-refractivity contribution in [2.75, 3.05) is 11.9 Å². The molecular formula is C34H51N3O4. The van der Waals surface area contributed by atoms with E-state index in [-0.39, 0.29) is 11.8 Å². The summed E-state index contributed by atoms with van der Waals surface area (Å²) >= 11 is 0. The van der Waals surface area contributed by atoms with Crippen molar-refractivity contribution < 1.29 is 19.1 Å². The van der Waals surface area contributed by atoms with Gasteiger partial charge in [0.05, 0.1) is 0 Å². The quantitative estimate of drug-likeness (QED) is 0.244. The van der Waals surface area contributed by atoms with Crippen molar-refractivity contribution in [3.63, 3.8) is 0 Å². The number of rotatable bonds is 13. The van der Waals surface area contributed by atoms with Crippen molar-refractivity contribution in [1.82, 2.24) is 10.2 Å². The van der Waals surface area contributed by atoms with E-state index in [1.807, 2.05) is 64.1 Å². The van der Waals surface area contributed by atoms with Crippen molar-refractivity contribution >= 4 is 23.6 Å². The minimum absolute atomic E-state index is 0.279. The first-order valence-electron chi connectivity index (χ1n) is 15.0. The molecule has 7 heteroatoms. The Labute approximate surface area is 247 Å². The Morgan fingerprint density at radius 2 is 1.49 bits per heavy atom. The van der Waals surface area contributed by atoms with Crippen molar-refractivity contribution in [1.29, 1.82) is 0 Å². The normalized spacial score (nSPS) is 12.8. The monoisotopic (exact) mass is 565 g/mol. The molecule has 0 radical (unpaired) electrons. The van der Waals surface area contributed by atoms with Gasteiger partial charge in [0, 0.05) is 12.2 Å². The molecule has 0 aromatic heterocycles. The maximum Gasteiger partial charge on any atom is 0.408 e. The van der Waals surface area contributed by atoms with Gasteiger partial charge in [-0.1, -0.05) is 81.0 Å². The minimum Gasteiger partial charge on any atom is -0.444 e. The molecule has 0 aliphatic carbocycles. The summed E-state index contributed by atoms with van der Waals surface area (Å²) in [5.74, 6) is -0.607. The Morgan fingerprint density at radius 1 is 0.878 bits per heavy atom. The Balaban J connectivity index is 2.49. The summed E-state index contributed by atoms with van der Waals surface area (Å²) in [6, 6.07) is 10.1. The number of alkyl carbamates (subject to hydrolysis) is 1. The van der Waals surface area contributed by atoms with Gasteiger partial charge < -0.3 is 20.3 Å². The van der Waals surface area contributed by atoms with E-state index in [1.165, 1.54) is 6.42 Å². The molecule has 0 saturated carbocycles. The first-order valence-corrected chi connectivity index (χ1v) is 15.0. The summed E-state index contributed by atoms with van der Waals surface area (Å²) < 4.78 is 5.40. The number of carbonyl (C=O) groups excluding carboxylic acids is 3. The molecule has 41 heavy (non-hydrogen) atoms. The highest BCUT2D eigenvalue weighted by atomic mass is 16.6. The molecule has 226 valence electrons. The van der Waals surface area contributed by atoms with E-state index < -0.39 is 23.8 Å². The molecule has 0 fully saturated rings. The van der Waals surface area contributed by atoms with Gasteiger partial charge in [0.1, 0.15) is 17.7 Å². The lowest BCUT2D eigenvalue weighted by molar-refractivity contribution is -0.140. The highest BCUT2D eigenvalue weighted by Crippen LogP contribution is 2.30. The van der Waals surface area contributed by atoms with E-state index in [1.54, 1.807) is 32.6 Å². The third-order valence-electron chi connectivity index (χ3n) is 7.15. The summed E-state index contributed by atoms with van der Waals surface area (Å²) in [6.45, 7) is 17.4. The van der Waals surface area contributed by atoms with Crippen LogP contribution in [-0.4, -0.2) is 41.0 Å². The predicted molar refractivity (Wildman–Crippen MR) is 167 cm³/mol. The number of carbonyl (C=O) groups is 3. The van der Waals surface area contributed by atoms with Crippen LogP contribution in [0.4, 0.5) is 10.5 Å². The third kappa shape index (κ3) is 10.5. The average molecular weight is 566 g/mol. The molecule has 2 rings (SSSR count). The first-order chi connectivity index (χ1) is 19.2. The SMILES string of the molecule is CCCCCCCCN(C(=O)C(C)NC(=O)OC(C)(C)C)C(C(=O)Nc1c(C)cccc1C)c1ccc(C)cc1C. The van der Waals surface area contributed by atoms with Crippen LogP contribution in [0.3, 0.4) is 0 Å². The molecule has 2 unspecified atom stereocenters. The maximum atomic E-state index is 14.2. The molecule has 2 N–H and O–H groups in total. The zero-order valence-electron chi connectivity index (χ0n) is 26.6. The largest absolute Gasteiger partial charge is 0.444 e. The molecule has 2 aromatic carbocycles. The molecule has 2 atom stereocenters. The lowest BCUT2D eigenvalue weighted by Crippen LogP contribution is -2.51. The number of amides is 3. The number of nitrogens with one attached hydrogen (secondary N) is 2. The number of hydrogen-bond donors (Lipinski definition) is 2. The molecule has 7 nitrogen and oxygen atoms in total. The van der Waals surface area contributed by atoms with E-state index in [4.69, 9.17) is 4.74 Å². The van der Waals surface area contributed by atoms with E-state index in [0.29, 0.717) is 6.54 Å². The summed E-state index contributed by atoms with van der Waals surface area (Å²) in [6.07, 6.45) is 5.61. The number of anilines is 1. The Kier molecular flexibility index (Phi) is 12.9. The second kappa shape index (κ2) is 15.6. The van der Waals surface area contributed by atoms with Crippen LogP contribution in [0.15, 0.2) is 36.4 Å². The Bertz CT molecular complexity index is 1160. The fraction of sp³-hybridized carbons (Fsp3) is 0.559. The van der Waals surface area contributed by atoms with E-state index >= 15 is 0 Å². The molecule has 0 bridgehead atoms. The first kappa shape index (κ1) is 33.9. The van der Waals surface area contributed by atoms with E-state index in [9.17, 15) is 14.4 Å². The lowest BCUT2D eigenvalue weighted by atomic mass is 9.95. The second-order valence-electron chi connectivity index (χ2n) is 12.2. The summed E-state index contributed by atoms with van der Waals surface area (Å²) in [4.78, 5) is 42.5. The number of nitrogens with zero attached hydrogens (tertiary/aromatic N) is 1.